The van der Waals surface area contributed by atoms with Gasteiger partial charge >= 0.3 is 11.9 Å². The van der Waals surface area contributed by atoms with Crippen molar-refractivity contribution in [3.8, 4) is 0 Å². The summed E-state index contributed by atoms with van der Waals surface area (Å²) in [5.41, 5.74) is 15.0. The summed E-state index contributed by atoms with van der Waals surface area (Å²) in [6, 6.07) is -0.235. The Morgan fingerprint density at radius 3 is 2.20 bits per heavy atom. The van der Waals surface area contributed by atoms with E-state index in [2.05, 4.69) is 20.6 Å². The molecule has 2 aromatic rings. The second kappa shape index (κ2) is 13.0. The Bertz CT molecular complexity index is 1640. The van der Waals surface area contributed by atoms with E-state index in [0.717, 1.165) is 62.1 Å². The minimum absolute atomic E-state index is 0.0241. The van der Waals surface area contributed by atoms with E-state index in [9.17, 15) is 29.4 Å². The Morgan fingerprint density at radius 2 is 1.60 bits per heavy atom. The fourth-order valence-corrected chi connectivity index (χ4v) is 7.75. The van der Waals surface area contributed by atoms with Crippen molar-refractivity contribution in [3.63, 3.8) is 0 Å². The molecule has 240 valence electrons. The fraction of sp³-hybridized carbons (Fsp3) is 0.455. The molecule has 8 N–H and O–H groups in total. The highest BCUT2D eigenvalue weighted by atomic mass is 32.2. The summed E-state index contributed by atoms with van der Waals surface area (Å²) >= 11 is 1.36. The molecule has 11 nitrogen and oxygen atoms in total. The highest BCUT2D eigenvalue weighted by molar-refractivity contribution is 7.86. The monoisotopic (exact) mass is 636 g/mol. The maximum atomic E-state index is 12.6. The number of nitrogens with two attached hydrogens (primary N) is 1. The first kappa shape index (κ1) is 32.2. The zero-order valence-electron chi connectivity index (χ0n) is 26.0. The average molecular weight is 637 g/mol. The molecule has 0 aliphatic carbocycles. The third-order valence-electron chi connectivity index (χ3n) is 9.46. The molecule has 0 aromatic carbocycles. The van der Waals surface area contributed by atoms with Crippen molar-refractivity contribution in [2.24, 2.45) is 17.6 Å². The van der Waals surface area contributed by atoms with Crippen LogP contribution < -0.4 is 16.4 Å². The van der Waals surface area contributed by atoms with Crippen LogP contribution in [0.25, 0.3) is 6.08 Å². The number of hydrogen-bond donors (Lipinski definition) is 7. The molecular formula is C33H42N5O6S+. The lowest BCUT2D eigenvalue weighted by Gasteiger charge is -2.12. The Labute approximate surface area is 266 Å². The van der Waals surface area contributed by atoms with Crippen molar-refractivity contribution in [3.05, 3.63) is 74.1 Å². The maximum absolute atomic E-state index is 12.6. The van der Waals surface area contributed by atoms with Crippen LogP contribution >= 0.6 is 0 Å². The lowest BCUT2D eigenvalue weighted by atomic mass is 9.91. The molecule has 2 amide bonds. The topological polar surface area (TPSA) is 190 Å². The number of hydrogen-bond acceptors (Lipinski definition) is 5. The van der Waals surface area contributed by atoms with Crippen molar-refractivity contribution < 1.29 is 29.4 Å². The molecular weight excluding hydrogens is 594 g/mol. The van der Waals surface area contributed by atoms with Crippen molar-refractivity contribution >= 4 is 41.6 Å². The van der Waals surface area contributed by atoms with Crippen molar-refractivity contribution in [2.75, 3.05) is 5.75 Å². The predicted molar refractivity (Wildman–Crippen MR) is 174 cm³/mol. The van der Waals surface area contributed by atoms with Gasteiger partial charge < -0.3 is 36.5 Å². The molecule has 3 aliphatic rings. The zero-order valence-corrected chi connectivity index (χ0v) is 26.9. The SMILES string of the molecule is CC1=C(/C=C/N)C(=O)N[C@@H]1Cc1[nH]c(Cc2[nH]c(/C=C3\NC(=O)[C@H](C)[C@H]3[C@H]3C[SH+]3)c(C)c2CCC(=O)O)c(CCC(=O)O)c1C. The lowest BCUT2D eigenvalue weighted by Crippen LogP contribution is -2.30. The van der Waals surface area contributed by atoms with E-state index in [1.54, 1.807) is 6.08 Å². The second-order valence-electron chi connectivity index (χ2n) is 12.3. The molecule has 0 unspecified atom stereocenters. The van der Waals surface area contributed by atoms with Crippen molar-refractivity contribution in [1.29, 1.82) is 0 Å². The molecule has 0 saturated carbocycles. The largest absolute Gasteiger partial charge is 0.481 e. The van der Waals surface area contributed by atoms with Gasteiger partial charge in [0, 0.05) is 65.6 Å². The van der Waals surface area contributed by atoms with Gasteiger partial charge in [-0.3, -0.25) is 19.2 Å². The molecule has 5 heterocycles. The van der Waals surface area contributed by atoms with E-state index in [4.69, 9.17) is 5.73 Å². The van der Waals surface area contributed by atoms with E-state index in [-0.39, 0.29) is 42.5 Å². The van der Waals surface area contributed by atoms with Crippen molar-refractivity contribution in [1.82, 2.24) is 20.6 Å². The first-order valence-corrected chi connectivity index (χ1v) is 16.5. The number of amides is 2. The Kier molecular flexibility index (Phi) is 9.33. The van der Waals surface area contributed by atoms with E-state index < -0.39 is 11.9 Å². The molecule has 0 bridgehead atoms. The maximum Gasteiger partial charge on any atom is 0.303 e. The second-order valence-corrected chi connectivity index (χ2v) is 13.7. The number of carbonyl (C=O) groups is 4. The number of carboxylic acids is 2. The van der Waals surface area contributed by atoms with Gasteiger partial charge in [0.1, 0.15) is 0 Å². The third kappa shape index (κ3) is 6.75. The average Bonchev–Trinajstić information content (AvgIpc) is 3.56. The van der Waals surface area contributed by atoms with Gasteiger partial charge in [-0.15, -0.1) is 0 Å². The van der Waals surface area contributed by atoms with Gasteiger partial charge in [-0.25, -0.2) is 0 Å². The highest BCUT2D eigenvalue weighted by Gasteiger charge is 2.52. The van der Waals surface area contributed by atoms with Crippen LogP contribution in [-0.2, 0) is 56.6 Å². The number of H-pyrrole nitrogens is 2. The highest BCUT2D eigenvalue weighted by Crippen LogP contribution is 2.38. The molecule has 12 heteroatoms. The minimum Gasteiger partial charge on any atom is -0.481 e. The van der Waals surface area contributed by atoms with Crippen LogP contribution in [0.3, 0.4) is 0 Å². The number of carbonyl (C=O) groups excluding carboxylic acids is 2. The molecule has 3 aliphatic heterocycles. The first-order chi connectivity index (χ1) is 21.4. The summed E-state index contributed by atoms with van der Waals surface area (Å²) in [6.07, 6.45) is 6.44. The Balaban J connectivity index is 1.51. The van der Waals surface area contributed by atoms with Crippen molar-refractivity contribution in [2.45, 2.75) is 77.5 Å². The smallest absolute Gasteiger partial charge is 0.303 e. The number of thiol groups is 1. The van der Waals surface area contributed by atoms with Gasteiger partial charge in [-0.2, -0.15) is 0 Å². The first-order valence-electron chi connectivity index (χ1n) is 15.3. The number of aromatic nitrogens is 2. The molecule has 0 radical (unpaired) electrons. The summed E-state index contributed by atoms with van der Waals surface area (Å²) in [4.78, 5) is 55.4. The zero-order chi connectivity index (χ0) is 32.6. The van der Waals surface area contributed by atoms with Crippen LogP contribution in [0.15, 0.2) is 29.1 Å². The van der Waals surface area contributed by atoms with E-state index in [1.807, 2.05) is 33.8 Å². The number of nitrogens with one attached hydrogen (secondary N) is 4. The summed E-state index contributed by atoms with van der Waals surface area (Å²) in [5, 5.41) is 25.5. The molecule has 4 atom stereocenters. The standard InChI is InChI=1S/C33H41N5O6S/c1-15-19(5-7-29(39)40)25(35-22(15)11-24-17(3)21(9-10-34)33(44)37-24)13-26-20(6-8-30(41)42)16(2)23(36-26)12-27-31(28-14-45-28)18(4)32(43)38-27/h9-10,12,18,24,28,31,35-36H,5-8,11,13-14,34H2,1-4H3,(H,37,44)(H,38,43)(H,39,40)(H,41,42)/p+1/b10-9+,27-12-/t18-,24-,28-,31-/m1/s1. The predicted octanol–water partition coefficient (Wildman–Crippen LogP) is 2.33. The molecule has 5 rings (SSSR count). The van der Waals surface area contributed by atoms with Gasteiger partial charge in [0.15, 0.2) is 11.0 Å². The number of rotatable bonds is 13. The summed E-state index contributed by atoms with van der Waals surface area (Å²) in [5.74, 6) is -0.824. The van der Waals surface area contributed by atoms with E-state index in [1.165, 1.54) is 18.0 Å². The van der Waals surface area contributed by atoms with E-state index >= 15 is 0 Å². The van der Waals surface area contributed by atoms with Crippen LogP contribution in [-0.4, -0.2) is 61.0 Å². The summed E-state index contributed by atoms with van der Waals surface area (Å²) < 4.78 is 0. The molecule has 2 fully saturated rings. The van der Waals surface area contributed by atoms with Gasteiger partial charge in [0.25, 0.3) is 5.91 Å². The normalized spacial score (nSPS) is 23.8. The summed E-state index contributed by atoms with van der Waals surface area (Å²) in [6.45, 7) is 7.80. The Hall–Kier alpha value is -4.19. The Morgan fingerprint density at radius 1 is 0.978 bits per heavy atom. The molecule has 2 saturated heterocycles. The number of aromatic amines is 2. The number of allylic oxidation sites excluding steroid dienone is 1. The molecule has 45 heavy (non-hydrogen) atoms. The third-order valence-corrected chi connectivity index (χ3v) is 10.6. The molecule has 0 spiro atoms. The van der Waals surface area contributed by atoms with Gasteiger partial charge in [0.05, 0.1) is 12.0 Å². The van der Waals surface area contributed by atoms with Crippen LogP contribution in [0.4, 0.5) is 0 Å². The quantitative estimate of drug-likeness (QED) is 0.0997. The van der Waals surface area contributed by atoms with Crippen LogP contribution in [0.1, 0.15) is 71.7 Å². The number of aliphatic carboxylic acids is 2. The van der Waals surface area contributed by atoms with Crippen LogP contribution in [0, 0.1) is 25.7 Å². The van der Waals surface area contributed by atoms with E-state index in [0.29, 0.717) is 36.5 Å². The van der Waals surface area contributed by atoms with Gasteiger partial charge in [-0.1, -0.05) is 6.92 Å². The number of carboxylic acid groups (broad SMARTS) is 2. The molecule has 2 aromatic heterocycles. The minimum atomic E-state index is -0.896. The summed E-state index contributed by atoms with van der Waals surface area (Å²) in [7, 11) is 0. The lowest BCUT2D eigenvalue weighted by molar-refractivity contribution is -0.138. The van der Waals surface area contributed by atoms with Gasteiger partial charge in [0.2, 0.25) is 5.91 Å². The van der Waals surface area contributed by atoms with Gasteiger partial charge in [-0.05, 0) is 91.6 Å². The van der Waals surface area contributed by atoms with Crippen LogP contribution in [0.2, 0.25) is 0 Å². The fourth-order valence-electron chi connectivity index (χ4n) is 6.76. The van der Waals surface area contributed by atoms with Crippen LogP contribution in [0.5, 0.6) is 0 Å².